The van der Waals surface area contributed by atoms with Gasteiger partial charge in [0.05, 0.1) is 23.8 Å². The Morgan fingerprint density at radius 3 is 2.40 bits per heavy atom. The van der Waals surface area contributed by atoms with Crippen molar-refractivity contribution in [1.29, 1.82) is 0 Å². The summed E-state index contributed by atoms with van der Waals surface area (Å²) in [5.41, 5.74) is 4.25. The maximum absolute atomic E-state index is 13.1. The quantitative estimate of drug-likeness (QED) is 0.132. The van der Waals surface area contributed by atoms with Crippen molar-refractivity contribution in [2.24, 2.45) is 5.41 Å². The molecule has 0 spiro atoms. The lowest BCUT2D eigenvalue weighted by Gasteiger charge is -2.26. The molecule has 4 aromatic rings. The summed E-state index contributed by atoms with van der Waals surface area (Å²) in [6, 6.07) is 21.7. The van der Waals surface area contributed by atoms with Crippen LogP contribution in [0.5, 0.6) is 5.75 Å². The fraction of sp³-hybridized carbons (Fsp3) is 0.389. The Kier molecular flexibility index (Phi) is 9.61. The first-order valence-electron chi connectivity index (χ1n) is 15.3. The van der Waals surface area contributed by atoms with Crippen LogP contribution in [0.4, 0.5) is 10.5 Å². The normalized spacial score (nSPS) is 14.9. The maximum atomic E-state index is 13.1. The number of esters is 1. The lowest BCUT2D eigenvalue weighted by atomic mass is 9.87. The second-order valence-electron chi connectivity index (χ2n) is 13.1. The summed E-state index contributed by atoms with van der Waals surface area (Å²) in [5.74, 6) is 0.457. The number of amides is 1. The third-order valence-corrected chi connectivity index (χ3v) is 9.71. The monoisotopic (exact) mass is 692 g/mol. The largest absolute Gasteiger partial charge is 0.491 e. The molecular formula is C36H41BrN2O5S. The summed E-state index contributed by atoms with van der Waals surface area (Å²) >= 11 is 5.33. The number of halogens is 1. The first-order chi connectivity index (χ1) is 21.3. The molecule has 1 N–H and O–H groups in total. The van der Waals surface area contributed by atoms with Crippen molar-refractivity contribution in [3.05, 3.63) is 88.0 Å². The van der Waals surface area contributed by atoms with E-state index in [1.165, 1.54) is 4.90 Å². The predicted octanol–water partition coefficient (Wildman–Crippen LogP) is 8.96. The van der Waals surface area contributed by atoms with Crippen LogP contribution in [0.2, 0.25) is 0 Å². The first kappa shape index (κ1) is 32.9. The molecule has 45 heavy (non-hydrogen) atoms. The molecular weight excluding hydrogens is 652 g/mol. The molecule has 1 unspecified atom stereocenters. The SMILES string of the molecule is CCOC(=O)C(C)(C)Cc1c(SC(C)(C)C)c2cc(OCC3Cc4ccccc4N3C(=O)O)ccc2n1Cc1ccc(Br)cc1. The van der Waals surface area contributed by atoms with Crippen molar-refractivity contribution >= 4 is 56.3 Å². The lowest BCUT2D eigenvalue weighted by Crippen LogP contribution is -2.40. The Morgan fingerprint density at radius 1 is 1.02 bits per heavy atom. The van der Waals surface area contributed by atoms with E-state index >= 15 is 0 Å². The Balaban J connectivity index is 1.56. The van der Waals surface area contributed by atoms with E-state index in [1.807, 2.05) is 63.2 Å². The number of hydrogen-bond donors (Lipinski definition) is 1. The average Bonchev–Trinajstić information content (AvgIpc) is 3.47. The number of fused-ring (bicyclic) bond motifs is 2. The van der Waals surface area contributed by atoms with E-state index in [0.717, 1.165) is 42.8 Å². The van der Waals surface area contributed by atoms with E-state index < -0.39 is 11.5 Å². The van der Waals surface area contributed by atoms with Gasteiger partial charge in [-0.25, -0.2) is 4.79 Å². The number of thioether (sulfide) groups is 1. The predicted molar refractivity (Wildman–Crippen MR) is 185 cm³/mol. The van der Waals surface area contributed by atoms with Gasteiger partial charge < -0.3 is 19.1 Å². The van der Waals surface area contributed by atoms with E-state index in [2.05, 4.69) is 65.5 Å². The van der Waals surface area contributed by atoms with Crippen LogP contribution in [0, 0.1) is 5.41 Å². The zero-order valence-electron chi connectivity index (χ0n) is 26.7. The van der Waals surface area contributed by atoms with Crippen molar-refractivity contribution in [3.63, 3.8) is 0 Å². The van der Waals surface area contributed by atoms with Crippen molar-refractivity contribution < 1.29 is 24.2 Å². The minimum atomic E-state index is -0.980. The Morgan fingerprint density at radius 2 is 1.73 bits per heavy atom. The van der Waals surface area contributed by atoms with Crippen LogP contribution in [0.15, 0.2) is 76.1 Å². The number of nitrogens with zero attached hydrogens (tertiary/aromatic N) is 2. The maximum Gasteiger partial charge on any atom is 0.412 e. The number of rotatable bonds is 10. The molecule has 5 rings (SSSR count). The standard InChI is InChI=1S/C36H41BrN2O5S/c1-7-43-33(40)36(5,6)20-31-32(45-35(2,3)4)28-19-27(16-17-30(28)38(31)21-23-12-14-25(37)15-13-23)44-22-26-18-24-10-8-9-11-29(24)39(26)34(41)42/h8-17,19,26H,7,18,20-22H2,1-6H3,(H,41,42). The molecule has 2 heterocycles. The van der Waals surface area contributed by atoms with Crippen molar-refractivity contribution in [1.82, 2.24) is 4.57 Å². The smallest absolute Gasteiger partial charge is 0.412 e. The van der Waals surface area contributed by atoms with E-state index in [1.54, 1.807) is 11.8 Å². The van der Waals surface area contributed by atoms with Gasteiger partial charge in [0.1, 0.15) is 12.4 Å². The zero-order valence-corrected chi connectivity index (χ0v) is 29.1. The number of hydrogen-bond acceptors (Lipinski definition) is 5. The molecule has 9 heteroatoms. The summed E-state index contributed by atoms with van der Waals surface area (Å²) in [4.78, 5) is 27.8. The summed E-state index contributed by atoms with van der Waals surface area (Å²) in [7, 11) is 0. The molecule has 7 nitrogen and oxygen atoms in total. The minimum absolute atomic E-state index is 0.103. The lowest BCUT2D eigenvalue weighted by molar-refractivity contribution is -0.153. The third kappa shape index (κ3) is 7.36. The fourth-order valence-electron chi connectivity index (χ4n) is 5.86. The number of carbonyl (C=O) groups excluding carboxylic acids is 1. The molecule has 0 radical (unpaired) electrons. The van der Waals surface area contributed by atoms with Gasteiger partial charge in [0.2, 0.25) is 0 Å². The van der Waals surface area contributed by atoms with Crippen LogP contribution in [-0.4, -0.2) is 45.7 Å². The van der Waals surface area contributed by atoms with Crippen molar-refractivity contribution in [2.75, 3.05) is 18.1 Å². The van der Waals surface area contributed by atoms with E-state index in [9.17, 15) is 14.7 Å². The van der Waals surface area contributed by atoms with Gasteiger partial charge in [-0.1, -0.05) is 67.0 Å². The molecule has 0 saturated carbocycles. The van der Waals surface area contributed by atoms with Gasteiger partial charge in [0, 0.05) is 43.7 Å². The molecule has 0 saturated heterocycles. The molecule has 1 aliphatic rings. The first-order valence-corrected chi connectivity index (χ1v) is 16.9. The average molecular weight is 694 g/mol. The van der Waals surface area contributed by atoms with Gasteiger partial charge in [-0.3, -0.25) is 9.69 Å². The number of benzene rings is 3. The number of para-hydroxylation sites is 1. The number of carboxylic acid groups (broad SMARTS) is 1. The Bertz CT molecular complexity index is 1710. The molecule has 1 amide bonds. The summed E-state index contributed by atoms with van der Waals surface area (Å²) in [5, 5.41) is 11.0. The van der Waals surface area contributed by atoms with Gasteiger partial charge in [0.25, 0.3) is 0 Å². The van der Waals surface area contributed by atoms with Crippen LogP contribution in [0.25, 0.3) is 10.9 Å². The van der Waals surface area contributed by atoms with Gasteiger partial charge in [0.15, 0.2) is 0 Å². The number of ether oxygens (including phenoxy) is 2. The number of carbonyl (C=O) groups is 2. The second kappa shape index (κ2) is 13.1. The number of aromatic nitrogens is 1. The highest BCUT2D eigenvalue weighted by Crippen LogP contribution is 2.44. The van der Waals surface area contributed by atoms with Crippen LogP contribution in [0.1, 0.15) is 58.4 Å². The summed E-state index contributed by atoms with van der Waals surface area (Å²) < 4.78 is 15.1. The van der Waals surface area contributed by atoms with E-state index in [-0.39, 0.29) is 23.4 Å². The zero-order chi connectivity index (χ0) is 32.5. The van der Waals surface area contributed by atoms with Crippen LogP contribution >= 0.6 is 27.7 Å². The van der Waals surface area contributed by atoms with Gasteiger partial charge in [-0.05, 0) is 74.7 Å². The molecule has 1 aromatic heterocycles. The second-order valence-corrected chi connectivity index (χ2v) is 15.9. The third-order valence-electron chi connectivity index (χ3n) is 7.91. The van der Waals surface area contributed by atoms with Crippen molar-refractivity contribution in [3.8, 4) is 5.75 Å². The van der Waals surface area contributed by atoms with E-state index in [0.29, 0.717) is 31.7 Å². The highest BCUT2D eigenvalue weighted by Gasteiger charge is 2.35. The van der Waals surface area contributed by atoms with E-state index in [4.69, 9.17) is 9.47 Å². The molecule has 0 fully saturated rings. The molecule has 3 aromatic carbocycles. The Labute approximate surface area is 278 Å². The van der Waals surface area contributed by atoms with Crippen LogP contribution in [-0.2, 0) is 28.9 Å². The minimum Gasteiger partial charge on any atom is -0.491 e. The fourth-order valence-corrected chi connectivity index (χ4v) is 7.31. The highest BCUT2D eigenvalue weighted by atomic mass is 79.9. The van der Waals surface area contributed by atoms with Crippen molar-refractivity contribution in [2.45, 2.75) is 76.6 Å². The van der Waals surface area contributed by atoms with Crippen LogP contribution < -0.4 is 9.64 Å². The highest BCUT2D eigenvalue weighted by molar-refractivity contribution is 9.10. The topological polar surface area (TPSA) is 81.0 Å². The molecule has 1 aliphatic heterocycles. The molecule has 0 bridgehead atoms. The summed E-state index contributed by atoms with van der Waals surface area (Å²) in [6.45, 7) is 13.5. The molecule has 0 aliphatic carbocycles. The molecule has 1 atom stereocenters. The van der Waals surface area contributed by atoms with Gasteiger partial charge >= 0.3 is 12.1 Å². The number of anilines is 1. The van der Waals surface area contributed by atoms with Gasteiger partial charge in [-0.2, -0.15) is 0 Å². The Hall–Kier alpha value is -3.43. The van der Waals surface area contributed by atoms with Crippen LogP contribution in [0.3, 0.4) is 0 Å². The van der Waals surface area contributed by atoms with Gasteiger partial charge in [-0.15, -0.1) is 11.8 Å². The molecule has 238 valence electrons. The summed E-state index contributed by atoms with van der Waals surface area (Å²) in [6.07, 6.45) is 0.123.